The summed E-state index contributed by atoms with van der Waals surface area (Å²) >= 11 is 1.98. The second kappa shape index (κ2) is 8.85. The van der Waals surface area contributed by atoms with Crippen LogP contribution in [0, 0.1) is 13.7 Å². The third-order valence-corrected chi connectivity index (χ3v) is 3.72. The Kier molecular flexibility index (Phi) is 7.45. The van der Waals surface area contributed by atoms with Crippen LogP contribution in [-0.4, -0.2) is 29.1 Å². The van der Waals surface area contributed by atoms with Crippen LogP contribution in [0.1, 0.15) is 36.0 Å². The minimum absolute atomic E-state index is 0.0847. The van der Waals surface area contributed by atoms with E-state index >= 15 is 0 Å². The molecule has 7 heteroatoms. The number of nitro groups is 1. The van der Waals surface area contributed by atoms with Crippen molar-refractivity contribution in [3.63, 3.8) is 0 Å². The number of aliphatic hydroxyl groups is 1. The van der Waals surface area contributed by atoms with Crippen LogP contribution in [0.5, 0.6) is 0 Å². The van der Waals surface area contributed by atoms with Crippen molar-refractivity contribution < 1.29 is 14.8 Å². The maximum atomic E-state index is 12.0. The van der Waals surface area contributed by atoms with E-state index < -0.39 is 4.92 Å². The molecule has 0 heterocycles. The SMILES string of the molecule is O=C(NCCCCCCO)c1cc([N+](=O)[O-])ccc1I. The lowest BCUT2D eigenvalue weighted by atomic mass is 10.1. The van der Waals surface area contributed by atoms with Crippen molar-refractivity contribution in [3.05, 3.63) is 37.4 Å². The van der Waals surface area contributed by atoms with Crippen molar-refractivity contribution in [2.75, 3.05) is 13.2 Å². The van der Waals surface area contributed by atoms with Crippen LogP contribution in [0.25, 0.3) is 0 Å². The molecule has 0 unspecified atom stereocenters. The summed E-state index contributed by atoms with van der Waals surface area (Å²) in [7, 11) is 0. The molecule has 2 N–H and O–H groups in total. The zero-order chi connectivity index (χ0) is 15.0. The van der Waals surface area contributed by atoms with Crippen LogP contribution in [0.2, 0.25) is 0 Å². The number of amides is 1. The number of hydrogen-bond donors (Lipinski definition) is 2. The monoisotopic (exact) mass is 392 g/mol. The van der Waals surface area contributed by atoms with Crippen molar-refractivity contribution in [1.82, 2.24) is 5.32 Å². The molecule has 0 atom stereocenters. The second-order valence-electron chi connectivity index (χ2n) is 4.31. The highest BCUT2D eigenvalue weighted by Crippen LogP contribution is 2.19. The van der Waals surface area contributed by atoms with E-state index in [-0.39, 0.29) is 18.2 Å². The molecule has 110 valence electrons. The van der Waals surface area contributed by atoms with Crippen LogP contribution in [0.3, 0.4) is 0 Å². The normalized spacial score (nSPS) is 10.3. The molecule has 0 aromatic heterocycles. The van der Waals surface area contributed by atoms with E-state index in [0.717, 1.165) is 25.7 Å². The van der Waals surface area contributed by atoms with Crippen molar-refractivity contribution in [2.24, 2.45) is 0 Å². The molecule has 0 saturated heterocycles. The number of non-ortho nitro benzene ring substituents is 1. The molecular weight excluding hydrogens is 375 g/mol. The Balaban J connectivity index is 2.50. The summed E-state index contributed by atoms with van der Waals surface area (Å²) < 4.78 is 0.686. The largest absolute Gasteiger partial charge is 0.396 e. The standard InChI is InChI=1S/C13H17IN2O4/c14-12-6-5-10(16(19)20)9-11(12)13(18)15-7-3-1-2-4-8-17/h5-6,9,17H,1-4,7-8H2,(H,15,18). The van der Waals surface area contributed by atoms with Crippen LogP contribution < -0.4 is 5.32 Å². The number of benzene rings is 1. The van der Waals surface area contributed by atoms with Gasteiger partial charge in [0.05, 0.1) is 10.5 Å². The van der Waals surface area contributed by atoms with Crippen molar-refractivity contribution in [2.45, 2.75) is 25.7 Å². The molecule has 0 radical (unpaired) electrons. The summed E-state index contributed by atoms with van der Waals surface area (Å²) in [4.78, 5) is 22.1. The van der Waals surface area contributed by atoms with Gasteiger partial charge in [0, 0.05) is 28.9 Å². The molecule has 0 aliphatic carbocycles. The van der Waals surface area contributed by atoms with E-state index in [1.165, 1.54) is 12.1 Å². The van der Waals surface area contributed by atoms with Gasteiger partial charge in [-0.1, -0.05) is 12.8 Å². The first-order chi connectivity index (χ1) is 9.56. The van der Waals surface area contributed by atoms with Gasteiger partial charge in [0.1, 0.15) is 0 Å². The van der Waals surface area contributed by atoms with E-state index in [9.17, 15) is 14.9 Å². The van der Waals surface area contributed by atoms with Gasteiger partial charge in [-0.05, 0) is 41.5 Å². The van der Waals surface area contributed by atoms with Gasteiger partial charge in [-0.3, -0.25) is 14.9 Å². The molecule has 1 aromatic carbocycles. The third-order valence-electron chi connectivity index (χ3n) is 2.78. The summed E-state index contributed by atoms with van der Waals surface area (Å²) in [5.74, 6) is -0.291. The topological polar surface area (TPSA) is 92.5 Å². The number of nitrogens with one attached hydrogen (secondary N) is 1. The molecule has 0 spiro atoms. The number of halogens is 1. The Hall–Kier alpha value is -1.22. The minimum Gasteiger partial charge on any atom is -0.396 e. The van der Waals surface area contributed by atoms with Gasteiger partial charge in [0.25, 0.3) is 11.6 Å². The fourth-order valence-electron chi connectivity index (χ4n) is 1.69. The Bertz CT molecular complexity index is 479. The molecule has 1 aromatic rings. The molecule has 0 aliphatic rings. The molecule has 1 rings (SSSR count). The van der Waals surface area contributed by atoms with Crippen molar-refractivity contribution in [3.8, 4) is 0 Å². The molecule has 0 saturated carbocycles. The van der Waals surface area contributed by atoms with Gasteiger partial charge in [0.2, 0.25) is 0 Å². The highest BCUT2D eigenvalue weighted by molar-refractivity contribution is 14.1. The molecule has 20 heavy (non-hydrogen) atoms. The molecule has 0 bridgehead atoms. The Labute approximate surface area is 130 Å². The Morgan fingerprint density at radius 2 is 2.00 bits per heavy atom. The lowest BCUT2D eigenvalue weighted by Gasteiger charge is -2.06. The number of hydrogen-bond acceptors (Lipinski definition) is 4. The summed E-state index contributed by atoms with van der Waals surface area (Å²) in [6, 6.07) is 4.24. The molecule has 0 aliphatic heterocycles. The van der Waals surface area contributed by atoms with Gasteiger partial charge in [0.15, 0.2) is 0 Å². The quantitative estimate of drug-likeness (QED) is 0.308. The summed E-state index contributed by atoms with van der Waals surface area (Å²) in [5.41, 5.74) is 0.244. The first kappa shape index (κ1) is 16.8. The number of carbonyl (C=O) groups is 1. The molecular formula is C13H17IN2O4. The smallest absolute Gasteiger partial charge is 0.270 e. The van der Waals surface area contributed by atoms with Gasteiger partial charge < -0.3 is 10.4 Å². The van der Waals surface area contributed by atoms with Crippen molar-refractivity contribution >= 4 is 34.2 Å². The van der Waals surface area contributed by atoms with Crippen LogP contribution in [-0.2, 0) is 0 Å². The number of nitrogens with zero attached hydrogens (tertiary/aromatic N) is 1. The van der Waals surface area contributed by atoms with E-state index in [1.807, 2.05) is 22.6 Å². The fourth-order valence-corrected chi connectivity index (χ4v) is 2.27. The molecule has 0 fully saturated rings. The van der Waals surface area contributed by atoms with E-state index in [1.54, 1.807) is 6.07 Å². The number of rotatable bonds is 8. The maximum absolute atomic E-state index is 12.0. The Morgan fingerprint density at radius 1 is 1.30 bits per heavy atom. The highest BCUT2D eigenvalue weighted by Gasteiger charge is 2.14. The maximum Gasteiger partial charge on any atom is 0.270 e. The summed E-state index contributed by atoms with van der Waals surface area (Å²) in [6.07, 6.45) is 3.47. The lowest BCUT2D eigenvalue weighted by molar-refractivity contribution is -0.384. The average Bonchev–Trinajstić information content (AvgIpc) is 2.42. The number of nitro benzene ring substituents is 1. The molecule has 1 amide bonds. The number of aliphatic hydroxyl groups excluding tert-OH is 1. The van der Waals surface area contributed by atoms with Gasteiger partial charge in [-0.2, -0.15) is 0 Å². The van der Waals surface area contributed by atoms with E-state index in [4.69, 9.17) is 5.11 Å². The first-order valence-corrected chi connectivity index (χ1v) is 7.47. The summed E-state index contributed by atoms with van der Waals surface area (Å²) in [6.45, 7) is 0.723. The summed E-state index contributed by atoms with van der Waals surface area (Å²) in [5, 5.41) is 22.1. The minimum atomic E-state index is -0.512. The first-order valence-electron chi connectivity index (χ1n) is 6.39. The Morgan fingerprint density at radius 3 is 2.65 bits per heavy atom. The van der Waals surface area contributed by atoms with E-state index in [2.05, 4.69) is 5.32 Å². The average molecular weight is 392 g/mol. The van der Waals surface area contributed by atoms with Crippen LogP contribution in [0.4, 0.5) is 5.69 Å². The zero-order valence-electron chi connectivity index (χ0n) is 11.0. The van der Waals surface area contributed by atoms with Gasteiger partial charge in [-0.15, -0.1) is 0 Å². The van der Waals surface area contributed by atoms with E-state index in [0.29, 0.717) is 15.7 Å². The highest BCUT2D eigenvalue weighted by atomic mass is 127. The predicted octanol–water partition coefficient (Wildman–Crippen LogP) is 2.48. The van der Waals surface area contributed by atoms with Gasteiger partial charge in [-0.25, -0.2) is 0 Å². The van der Waals surface area contributed by atoms with Crippen LogP contribution in [0.15, 0.2) is 18.2 Å². The third kappa shape index (κ3) is 5.41. The second-order valence-corrected chi connectivity index (χ2v) is 5.48. The lowest BCUT2D eigenvalue weighted by Crippen LogP contribution is -2.25. The number of unbranched alkanes of at least 4 members (excludes halogenated alkanes) is 3. The van der Waals surface area contributed by atoms with Gasteiger partial charge >= 0.3 is 0 Å². The molecule has 6 nitrogen and oxygen atoms in total. The predicted molar refractivity (Wildman–Crippen MR) is 83.7 cm³/mol. The number of carbonyl (C=O) groups excluding carboxylic acids is 1. The van der Waals surface area contributed by atoms with Crippen molar-refractivity contribution in [1.29, 1.82) is 0 Å². The fraction of sp³-hybridized carbons (Fsp3) is 0.462. The zero-order valence-corrected chi connectivity index (χ0v) is 13.1. The van der Waals surface area contributed by atoms with Crippen LogP contribution >= 0.6 is 22.6 Å².